The molecule has 2 aromatic rings. The van der Waals surface area contributed by atoms with Crippen molar-refractivity contribution < 1.29 is 0 Å². The molecule has 0 unspecified atom stereocenters. The number of nitriles is 2. The van der Waals surface area contributed by atoms with Crippen LogP contribution in [0.2, 0.25) is 0 Å². The van der Waals surface area contributed by atoms with Crippen LogP contribution in [0, 0.1) is 22.7 Å². The third-order valence-corrected chi connectivity index (χ3v) is 3.89. The smallest absolute Gasteiger partial charge is 0.167 e. The normalized spacial score (nSPS) is 14.2. The highest BCUT2D eigenvalue weighted by Gasteiger charge is 2.23. The molecule has 2 heterocycles. The Hall–Kier alpha value is -2.63. The summed E-state index contributed by atoms with van der Waals surface area (Å²) in [7, 11) is 2.05. The summed E-state index contributed by atoms with van der Waals surface area (Å²) in [5, 5.41) is 22.9. The van der Waals surface area contributed by atoms with Gasteiger partial charge < -0.3 is 4.90 Å². The molecule has 5 heteroatoms. The van der Waals surface area contributed by atoms with Crippen molar-refractivity contribution in [2.24, 2.45) is 0 Å². The van der Waals surface area contributed by atoms with E-state index in [1.54, 1.807) is 0 Å². The summed E-state index contributed by atoms with van der Waals surface area (Å²) in [4.78, 5) is 2.19. The van der Waals surface area contributed by atoms with Gasteiger partial charge in [-0.25, -0.2) is 0 Å². The highest BCUT2D eigenvalue weighted by Crippen LogP contribution is 2.22. The zero-order chi connectivity index (χ0) is 14.8. The van der Waals surface area contributed by atoms with Gasteiger partial charge in [0, 0.05) is 30.8 Å². The fourth-order valence-corrected chi connectivity index (χ4v) is 2.77. The fraction of sp³-hybridized carbons (Fsp3) is 0.312. The Morgan fingerprint density at radius 2 is 2.05 bits per heavy atom. The summed E-state index contributed by atoms with van der Waals surface area (Å²) in [5.41, 5.74) is 4.26. The molecule has 0 spiro atoms. The molecule has 0 saturated carbocycles. The zero-order valence-electron chi connectivity index (χ0n) is 11.9. The van der Waals surface area contributed by atoms with E-state index in [0.717, 1.165) is 36.3 Å². The van der Waals surface area contributed by atoms with Crippen molar-refractivity contribution in [2.75, 3.05) is 13.6 Å². The molecule has 0 aliphatic carbocycles. The third-order valence-electron chi connectivity index (χ3n) is 3.89. The van der Waals surface area contributed by atoms with Crippen LogP contribution in [0.15, 0.2) is 24.3 Å². The number of likely N-dealkylation sites (N-methyl/N-ethyl adjacent to an activating group) is 1. The molecular weight excluding hydrogens is 262 g/mol. The Labute approximate surface area is 123 Å². The van der Waals surface area contributed by atoms with Crippen LogP contribution >= 0.6 is 0 Å². The lowest BCUT2D eigenvalue weighted by Gasteiger charge is -2.23. The maximum atomic E-state index is 9.26. The second kappa shape index (κ2) is 5.40. The lowest BCUT2D eigenvalue weighted by Crippen LogP contribution is -2.27. The molecule has 1 aliphatic heterocycles. The molecule has 0 fully saturated rings. The van der Waals surface area contributed by atoms with Crippen molar-refractivity contribution in [3.05, 3.63) is 52.3 Å². The van der Waals surface area contributed by atoms with Gasteiger partial charge >= 0.3 is 0 Å². The predicted octanol–water partition coefficient (Wildman–Crippen LogP) is 1.66. The Morgan fingerprint density at radius 1 is 1.24 bits per heavy atom. The van der Waals surface area contributed by atoms with E-state index in [2.05, 4.69) is 22.1 Å². The van der Waals surface area contributed by atoms with Crippen molar-refractivity contribution in [3.8, 4) is 12.1 Å². The average Bonchev–Trinajstić information content (AvgIpc) is 2.85. The molecule has 0 radical (unpaired) electrons. The van der Waals surface area contributed by atoms with E-state index < -0.39 is 0 Å². The van der Waals surface area contributed by atoms with Gasteiger partial charge in [0.1, 0.15) is 6.07 Å². The van der Waals surface area contributed by atoms with Crippen LogP contribution in [0.3, 0.4) is 0 Å². The molecule has 5 nitrogen and oxygen atoms in total. The lowest BCUT2D eigenvalue weighted by molar-refractivity contribution is 0.308. The highest BCUT2D eigenvalue weighted by atomic mass is 15.3. The topological polar surface area (TPSA) is 68.6 Å². The van der Waals surface area contributed by atoms with Crippen LogP contribution in [-0.4, -0.2) is 28.3 Å². The van der Waals surface area contributed by atoms with Crippen molar-refractivity contribution in [1.82, 2.24) is 14.7 Å². The van der Waals surface area contributed by atoms with Crippen LogP contribution in [0.5, 0.6) is 0 Å². The standard InChI is InChI=1S/C16H15N5/c1-20-7-6-16-14(11-20)15(9-18)19-21(16)10-13-5-3-2-4-12(13)8-17/h2-5H,6-7,10-11H2,1H3. The minimum atomic E-state index is 0.506. The first-order valence-electron chi connectivity index (χ1n) is 6.88. The van der Waals surface area contributed by atoms with Gasteiger partial charge in [0.2, 0.25) is 0 Å². The van der Waals surface area contributed by atoms with E-state index >= 15 is 0 Å². The number of hydrogen-bond acceptors (Lipinski definition) is 4. The van der Waals surface area contributed by atoms with Gasteiger partial charge in [0.05, 0.1) is 18.2 Å². The monoisotopic (exact) mass is 277 g/mol. The van der Waals surface area contributed by atoms with Gasteiger partial charge in [0.15, 0.2) is 5.69 Å². The Morgan fingerprint density at radius 3 is 2.81 bits per heavy atom. The molecule has 0 atom stereocenters. The first-order chi connectivity index (χ1) is 10.2. The zero-order valence-corrected chi connectivity index (χ0v) is 11.9. The Balaban J connectivity index is 2.01. The van der Waals surface area contributed by atoms with Crippen LogP contribution in [-0.2, 0) is 19.5 Å². The second-order valence-corrected chi connectivity index (χ2v) is 5.30. The van der Waals surface area contributed by atoms with Crippen LogP contribution < -0.4 is 0 Å². The number of aromatic nitrogens is 2. The van der Waals surface area contributed by atoms with Gasteiger partial charge in [-0.15, -0.1) is 0 Å². The van der Waals surface area contributed by atoms with Crippen molar-refractivity contribution in [1.29, 1.82) is 10.5 Å². The number of rotatable bonds is 2. The molecule has 1 aromatic heterocycles. The molecule has 21 heavy (non-hydrogen) atoms. The summed E-state index contributed by atoms with van der Waals surface area (Å²) in [6.07, 6.45) is 0.884. The van der Waals surface area contributed by atoms with Crippen molar-refractivity contribution in [3.63, 3.8) is 0 Å². The quantitative estimate of drug-likeness (QED) is 0.837. The van der Waals surface area contributed by atoms with Crippen LogP contribution in [0.4, 0.5) is 0 Å². The summed E-state index contributed by atoms with van der Waals surface area (Å²) >= 11 is 0. The van der Waals surface area contributed by atoms with E-state index in [-0.39, 0.29) is 0 Å². The summed E-state index contributed by atoms with van der Waals surface area (Å²) in [6.45, 7) is 2.26. The number of benzene rings is 1. The SMILES string of the molecule is CN1CCc2c(c(C#N)nn2Cc2ccccc2C#N)C1. The van der Waals surface area contributed by atoms with E-state index in [4.69, 9.17) is 0 Å². The lowest BCUT2D eigenvalue weighted by atomic mass is 10.1. The van der Waals surface area contributed by atoms with Crippen molar-refractivity contribution >= 4 is 0 Å². The minimum Gasteiger partial charge on any atom is -0.302 e. The van der Waals surface area contributed by atoms with E-state index in [1.807, 2.05) is 36.0 Å². The average molecular weight is 277 g/mol. The van der Waals surface area contributed by atoms with E-state index in [0.29, 0.717) is 17.8 Å². The maximum absolute atomic E-state index is 9.26. The number of fused-ring (bicyclic) bond motifs is 1. The number of nitrogens with zero attached hydrogens (tertiary/aromatic N) is 5. The molecule has 3 rings (SSSR count). The molecule has 1 aromatic carbocycles. The minimum absolute atomic E-state index is 0.506. The van der Waals surface area contributed by atoms with Gasteiger partial charge in [-0.3, -0.25) is 4.68 Å². The molecule has 0 amide bonds. The van der Waals surface area contributed by atoms with Gasteiger partial charge in [-0.1, -0.05) is 18.2 Å². The molecule has 0 N–H and O–H groups in total. The Kier molecular flexibility index (Phi) is 3.43. The second-order valence-electron chi connectivity index (χ2n) is 5.30. The highest BCUT2D eigenvalue weighted by molar-refractivity contribution is 5.40. The number of hydrogen-bond donors (Lipinski definition) is 0. The largest absolute Gasteiger partial charge is 0.302 e. The van der Waals surface area contributed by atoms with Crippen LogP contribution in [0.1, 0.15) is 28.1 Å². The molecule has 104 valence electrons. The first-order valence-corrected chi connectivity index (χ1v) is 6.88. The van der Waals surface area contributed by atoms with Gasteiger partial charge in [-0.05, 0) is 18.7 Å². The first kappa shape index (κ1) is 13.4. The third kappa shape index (κ3) is 2.40. The maximum Gasteiger partial charge on any atom is 0.167 e. The van der Waals surface area contributed by atoms with Crippen LogP contribution in [0.25, 0.3) is 0 Å². The predicted molar refractivity (Wildman–Crippen MR) is 77.2 cm³/mol. The Bertz CT molecular complexity index is 760. The van der Waals surface area contributed by atoms with E-state index in [9.17, 15) is 10.5 Å². The summed E-state index contributed by atoms with van der Waals surface area (Å²) < 4.78 is 1.89. The molecule has 0 saturated heterocycles. The van der Waals surface area contributed by atoms with Gasteiger partial charge in [0.25, 0.3) is 0 Å². The summed E-state index contributed by atoms with van der Waals surface area (Å²) in [6, 6.07) is 11.9. The molecular formula is C16H15N5. The van der Waals surface area contributed by atoms with E-state index in [1.165, 1.54) is 0 Å². The molecule has 1 aliphatic rings. The van der Waals surface area contributed by atoms with Gasteiger partial charge in [-0.2, -0.15) is 15.6 Å². The summed E-state index contributed by atoms with van der Waals surface area (Å²) in [5.74, 6) is 0. The van der Waals surface area contributed by atoms with Crippen molar-refractivity contribution in [2.45, 2.75) is 19.5 Å². The molecule has 0 bridgehead atoms. The fourth-order valence-electron chi connectivity index (χ4n) is 2.77.